The van der Waals surface area contributed by atoms with Gasteiger partial charge in [-0.25, -0.2) is 0 Å². The van der Waals surface area contributed by atoms with E-state index in [1.165, 1.54) is 11.1 Å². The predicted molar refractivity (Wildman–Crippen MR) is 104 cm³/mol. The zero-order valence-electron chi connectivity index (χ0n) is 15.4. The maximum atomic E-state index is 12.2. The summed E-state index contributed by atoms with van der Waals surface area (Å²) in [5, 5.41) is 18.7. The monoisotopic (exact) mass is 367 g/mol. The van der Waals surface area contributed by atoms with Crippen molar-refractivity contribution in [3.05, 3.63) is 70.8 Å². The van der Waals surface area contributed by atoms with Crippen LogP contribution in [-0.4, -0.2) is 42.8 Å². The van der Waals surface area contributed by atoms with Crippen molar-refractivity contribution in [1.29, 1.82) is 0 Å². The molecule has 3 rings (SSSR count). The molecule has 0 bridgehead atoms. The van der Waals surface area contributed by atoms with Crippen molar-refractivity contribution in [2.45, 2.75) is 31.5 Å². The predicted octanol–water partition coefficient (Wildman–Crippen LogP) is 1.24. The van der Waals surface area contributed by atoms with Crippen molar-refractivity contribution >= 4 is 11.8 Å². The Balaban J connectivity index is 1.43. The van der Waals surface area contributed by atoms with Crippen LogP contribution >= 0.6 is 0 Å². The molecule has 0 saturated heterocycles. The van der Waals surface area contributed by atoms with E-state index in [9.17, 15) is 14.7 Å². The minimum atomic E-state index is -0.679. The molecule has 27 heavy (non-hydrogen) atoms. The fraction of sp³-hybridized carbons (Fsp3) is 0.333. The van der Waals surface area contributed by atoms with E-state index in [1.54, 1.807) is 31.3 Å². The Labute approximate surface area is 159 Å². The van der Waals surface area contributed by atoms with Gasteiger partial charge in [-0.15, -0.1) is 0 Å². The van der Waals surface area contributed by atoms with Gasteiger partial charge in [0.2, 0.25) is 0 Å². The summed E-state index contributed by atoms with van der Waals surface area (Å²) < 4.78 is 0. The molecule has 1 aliphatic rings. The van der Waals surface area contributed by atoms with Gasteiger partial charge < -0.3 is 15.7 Å². The third-order valence-corrected chi connectivity index (χ3v) is 4.80. The van der Waals surface area contributed by atoms with Crippen LogP contribution in [0, 0.1) is 0 Å². The third-order valence-electron chi connectivity index (χ3n) is 4.80. The number of aliphatic hydroxyl groups excluding tert-OH is 1. The molecule has 0 unspecified atom stereocenters. The Kier molecular flexibility index (Phi) is 6.21. The highest BCUT2D eigenvalue weighted by Gasteiger charge is 2.22. The molecule has 4 N–H and O–H groups in total. The molecule has 2 aromatic carbocycles. The van der Waals surface area contributed by atoms with E-state index in [0.29, 0.717) is 24.1 Å². The van der Waals surface area contributed by atoms with Gasteiger partial charge in [-0.3, -0.25) is 14.9 Å². The number of hydrogen-bond donors (Lipinski definition) is 4. The van der Waals surface area contributed by atoms with Crippen LogP contribution < -0.4 is 16.0 Å². The van der Waals surface area contributed by atoms with Gasteiger partial charge in [-0.1, -0.05) is 30.3 Å². The van der Waals surface area contributed by atoms with Crippen LogP contribution in [0.5, 0.6) is 0 Å². The summed E-state index contributed by atoms with van der Waals surface area (Å²) in [7, 11) is 1.55. The maximum Gasteiger partial charge on any atom is 0.251 e. The summed E-state index contributed by atoms with van der Waals surface area (Å²) in [5.74, 6) is -0.497. The van der Waals surface area contributed by atoms with E-state index in [0.717, 1.165) is 12.8 Å². The summed E-state index contributed by atoms with van der Waals surface area (Å²) in [6, 6.07) is 15.1. The lowest BCUT2D eigenvalue weighted by atomic mass is 10.1. The second-order valence-electron chi connectivity index (χ2n) is 6.76. The summed E-state index contributed by atoms with van der Waals surface area (Å²) in [6.07, 6.45) is 1.55. The Bertz CT molecular complexity index is 797. The van der Waals surface area contributed by atoms with E-state index < -0.39 is 6.23 Å². The molecule has 0 spiro atoms. The topological polar surface area (TPSA) is 90.5 Å². The van der Waals surface area contributed by atoms with Gasteiger partial charge in [0, 0.05) is 37.2 Å². The number of rotatable bonds is 7. The fourth-order valence-electron chi connectivity index (χ4n) is 3.40. The molecule has 0 aromatic heterocycles. The number of carbonyl (C=O) groups excluding carboxylic acids is 2. The SMILES string of the molecule is CNC(=O)c1cccc(C(=O)NCC[C@H](O)NC2Cc3ccccc3C2)c1. The average Bonchev–Trinajstić information content (AvgIpc) is 3.09. The fourth-order valence-corrected chi connectivity index (χ4v) is 3.40. The van der Waals surface area contributed by atoms with Crippen LogP contribution in [-0.2, 0) is 12.8 Å². The van der Waals surface area contributed by atoms with Crippen LogP contribution in [0.2, 0.25) is 0 Å². The van der Waals surface area contributed by atoms with Crippen LogP contribution in [0.15, 0.2) is 48.5 Å². The molecule has 142 valence electrons. The van der Waals surface area contributed by atoms with Crippen LogP contribution in [0.25, 0.3) is 0 Å². The number of carbonyl (C=O) groups is 2. The maximum absolute atomic E-state index is 12.2. The number of hydrogen-bond acceptors (Lipinski definition) is 4. The van der Waals surface area contributed by atoms with Gasteiger partial charge in [0.15, 0.2) is 0 Å². The van der Waals surface area contributed by atoms with Gasteiger partial charge in [0.25, 0.3) is 11.8 Å². The molecule has 1 aliphatic carbocycles. The lowest BCUT2D eigenvalue weighted by molar-refractivity contribution is 0.0919. The Hall–Kier alpha value is -2.70. The average molecular weight is 367 g/mol. The molecule has 1 atom stereocenters. The normalized spacial score (nSPS) is 14.4. The molecular formula is C21H25N3O3. The molecule has 0 saturated carbocycles. The standard InChI is InChI=1S/C21H25N3O3/c1-22-20(26)16-7-4-8-17(11-16)21(27)23-10-9-19(25)24-18-12-14-5-2-3-6-15(14)13-18/h2-8,11,18-19,24-25H,9-10,12-13H2,1H3,(H,22,26)(H,23,27)/t19-/m0/s1. The third kappa shape index (κ3) is 4.93. The van der Waals surface area contributed by atoms with Crippen molar-refractivity contribution in [1.82, 2.24) is 16.0 Å². The van der Waals surface area contributed by atoms with Crippen LogP contribution in [0.1, 0.15) is 38.3 Å². The summed E-state index contributed by atoms with van der Waals surface area (Å²) in [6.45, 7) is 0.344. The van der Waals surface area contributed by atoms with Gasteiger partial charge in [-0.05, 0) is 42.2 Å². The molecule has 6 nitrogen and oxygen atoms in total. The van der Waals surface area contributed by atoms with E-state index in [2.05, 4.69) is 28.1 Å². The van der Waals surface area contributed by atoms with Gasteiger partial charge in [0.05, 0.1) is 0 Å². The Morgan fingerprint density at radius 3 is 2.30 bits per heavy atom. The molecule has 0 fully saturated rings. The first kappa shape index (κ1) is 19.1. The first-order chi connectivity index (χ1) is 13.1. The van der Waals surface area contributed by atoms with Crippen LogP contribution in [0.4, 0.5) is 0 Å². The minimum Gasteiger partial charge on any atom is -0.379 e. The van der Waals surface area contributed by atoms with E-state index in [4.69, 9.17) is 0 Å². The highest BCUT2D eigenvalue weighted by Crippen LogP contribution is 2.21. The lowest BCUT2D eigenvalue weighted by Gasteiger charge is -2.18. The van der Waals surface area contributed by atoms with Gasteiger partial charge in [0.1, 0.15) is 6.23 Å². The highest BCUT2D eigenvalue weighted by molar-refractivity contribution is 5.99. The van der Waals surface area contributed by atoms with E-state index >= 15 is 0 Å². The zero-order chi connectivity index (χ0) is 19.2. The van der Waals surface area contributed by atoms with Crippen molar-refractivity contribution in [3.63, 3.8) is 0 Å². The first-order valence-electron chi connectivity index (χ1n) is 9.18. The molecule has 0 radical (unpaired) electrons. The second kappa shape index (κ2) is 8.79. The Morgan fingerprint density at radius 2 is 1.67 bits per heavy atom. The van der Waals surface area contributed by atoms with Crippen LogP contribution in [0.3, 0.4) is 0 Å². The highest BCUT2D eigenvalue weighted by atomic mass is 16.3. The van der Waals surface area contributed by atoms with Gasteiger partial charge >= 0.3 is 0 Å². The second-order valence-corrected chi connectivity index (χ2v) is 6.76. The first-order valence-corrected chi connectivity index (χ1v) is 9.18. The summed E-state index contributed by atoms with van der Waals surface area (Å²) in [5.41, 5.74) is 3.51. The number of nitrogens with one attached hydrogen (secondary N) is 3. The molecular weight excluding hydrogens is 342 g/mol. The number of amides is 2. The smallest absolute Gasteiger partial charge is 0.251 e. The number of fused-ring (bicyclic) bond motifs is 1. The summed E-state index contributed by atoms with van der Waals surface area (Å²) >= 11 is 0. The van der Waals surface area contributed by atoms with Crippen molar-refractivity contribution < 1.29 is 14.7 Å². The minimum absolute atomic E-state index is 0.220. The van der Waals surface area contributed by atoms with E-state index in [-0.39, 0.29) is 17.9 Å². The number of aliphatic hydroxyl groups is 1. The van der Waals surface area contributed by atoms with E-state index in [1.807, 2.05) is 12.1 Å². The van der Waals surface area contributed by atoms with Crippen molar-refractivity contribution in [3.8, 4) is 0 Å². The lowest BCUT2D eigenvalue weighted by Crippen LogP contribution is -2.41. The Morgan fingerprint density at radius 1 is 1.04 bits per heavy atom. The molecule has 2 aromatic rings. The largest absolute Gasteiger partial charge is 0.379 e. The molecule has 0 aliphatic heterocycles. The molecule has 2 amide bonds. The zero-order valence-corrected chi connectivity index (χ0v) is 15.4. The van der Waals surface area contributed by atoms with Crippen molar-refractivity contribution in [2.24, 2.45) is 0 Å². The molecule has 0 heterocycles. The number of benzene rings is 2. The molecule has 6 heteroatoms. The van der Waals surface area contributed by atoms with Crippen molar-refractivity contribution in [2.75, 3.05) is 13.6 Å². The summed E-state index contributed by atoms with van der Waals surface area (Å²) in [4.78, 5) is 23.9. The van der Waals surface area contributed by atoms with Gasteiger partial charge in [-0.2, -0.15) is 0 Å². The quantitative estimate of drug-likeness (QED) is 0.554.